The molecule has 0 spiro atoms. The van der Waals surface area contributed by atoms with Crippen LogP contribution in [0.3, 0.4) is 0 Å². The second kappa shape index (κ2) is 9.51. The Bertz CT molecular complexity index is 1110. The number of hydrogen-bond acceptors (Lipinski definition) is 4. The van der Waals surface area contributed by atoms with Crippen molar-refractivity contribution in [1.29, 1.82) is 0 Å². The molecule has 3 aromatic rings. The number of furan rings is 1. The first-order valence-corrected chi connectivity index (χ1v) is 10.6. The lowest BCUT2D eigenvalue weighted by Gasteiger charge is -2.17. The van der Waals surface area contributed by atoms with E-state index in [1.165, 1.54) is 6.26 Å². The maximum absolute atomic E-state index is 12.7. The molecule has 0 saturated carbocycles. The number of amides is 3. The van der Waals surface area contributed by atoms with Crippen molar-refractivity contribution in [2.75, 3.05) is 16.8 Å². The smallest absolute Gasteiger partial charge is 0.291 e. The molecule has 1 atom stereocenters. The summed E-state index contributed by atoms with van der Waals surface area (Å²) in [7, 11) is 0. The highest BCUT2D eigenvalue weighted by Crippen LogP contribution is 2.26. The minimum Gasteiger partial charge on any atom is -0.459 e. The van der Waals surface area contributed by atoms with Crippen LogP contribution >= 0.6 is 0 Å². The van der Waals surface area contributed by atoms with Gasteiger partial charge in [-0.1, -0.05) is 31.2 Å². The van der Waals surface area contributed by atoms with Crippen molar-refractivity contribution in [2.24, 2.45) is 5.92 Å². The van der Waals surface area contributed by atoms with E-state index in [9.17, 15) is 14.4 Å². The first-order valence-electron chi connectivity index (χ1n) is 10.6. The molecule has 4 rings (SSSR count). The lowest BCUT2D eigenvalue weighted by Crippen LogP contribution is -2.32. The molecule has 1 aliphatic heterocycles. The van der Waals surface area contributed by atoms with E-state index in [0.717, 1.165) is 23.2 Å². The molecule has 1 fully saturated rings. The van der Waals surface area contributed by atoms with Gasteiger partial charge in [-0.3, -0.25) is 14.4 Å². The molecule has 1 saturated heterocycles. The number of rotatable bonds is 7. The fraction of sp³-hybridized carbons (Fsp3) is 0.240. The van der Waals surface area contributed by atoms with Crippen LogP contribution in [0, 0.1) is 5.92 Å². The fourth-order valence-electron chi connectivity index (χ4n) is 3.72. The van der Waals surface area contributed by atoms with Crippen LogP contribution in [-0.4, -0.2) is 24.3 Å². The molecule has 1 aromatic heterocycles. The summed E-state index contributed by atoms with van der Waals surface area (Å²) < 4.78 is 5.07. The summed E-state index contributed by atoms with van der Waals surface area (Å²) in [5.41, 5.74) is 3.53. The van der Waals surface area contributed by atoms with Gasteiger partial charge in [0.1, 0.15) is 0 Å². The largest absolute Gasteiger partial charge is 0.459 e. The average Bonchev–Trinajstić information content (AvgIpc) is 3.49. The van der Waals surface area contributed by atoms with Crippen LogP contribution in [-0.2, 0) is 22.6 Å². The molecule has 164 valence electrons. The Labute approximate surface area is 186 Å². The van der Waals surface area contributed by atoms with Gasteiger partial charge in [-0.15, -0.1) is 0 Å². The number of carbonyl (C=O) groups is 3. The van der Waals surface area contributed by atoms with Crippen molar-refractivity contribution in [2.45, 2.75) is 26.3 Å². The molecule has 32 heavy (non-hydrogen) atoms. The normalized spacial score (nSPS) is 15.6. The zero-order chi connectivity index (χ0) is 22.5. The molecule has 7 heteroatoms. The van der Waals surface area contributed by atoms with Crippen LogP contribution < -0.4 is 15.5 Å². The number of hydrogen-bond donors (Lipinski definition) is 2. The third-order valence-corrected chi connectivity index (χ3v) is 5.55. The second-order valence-corrected chi connectivity index (χ2v) is 7.77. The number of nitrogens with one attached hydrogen (secondary N) is 2. The molecule has 0 unspecified atom stereocenters. The number of nitrogens with zero attached hydrogens (tertiary/aromatic N) is 1. The number of anilines is 2. The lowest BCUT2D eigenvalue weighted by molar-refractivity contribution is -0.126. The summed E-state index contributed by atoms with van der Waals surface area (Å²) >= 11 is 0. The first-order chi connectivity index (χ1) is 15.5. The van der Waals surface area contributed by atoms with Crippen molar-refractivity contribution in [3.8, 4) is 0 Å². The van der Waals surface area contributed by atoms with E-state index in [1.54, 1.807) is 29.2 Å². The summed E-state index contributed by atoms with van der Waals surface area (Å²) in [6.07, 6.45) is 2.55. The summed E-state index contributed by atoms with van der Waals surface area (Å²) in [5, 5.41) is 5.67. The predicted molar refractivity (Wildman–Crippen MR) is 121 cm³/mol. The zero-order valence-corrected chi connectivity index (χ0v) is 17.8. The van der Waals surface area contributed by atoms with E-state index in [1.807, 2.05) is 36.4 Å². The topological polar surface area (TPSA) is 91.7 Å². The Morgan fingerprint density at radius 3 is 2.59 bits per heavy atom. The van der Waals surface area contributed by atoms with Gasteiger partial charge in [-0.2, -0.15) is 0 Å². The van der Waals surface area contributed by atoms with Gasteiger partial charge >= 0.3 is 0 Å². The third-order valence-electron chi connectivity index (χ3n) is 5.55. The Kier molecular flexibility index (Phi) is 6.35. The number of benzene rings is 2. The summed E-state index contributed by atoms with van der Waals surface area (Å²) in [5.74, 6) is -0.628. The van der Waals surface area contributed by atoms with E-state index in [0.29, 0.717) is 18.8 Å². The summed E-state index contributed by atoms with van der Waals surface area (Å²) in [6, 6.07) is 18.3. The lowest BCUT2D eigenvalue weighted by atomic mass is 10.1. The highest BCUT2D eigenvalue weighted by molar-refractivity contribution is 6.02. The quantitative estimate of drug-likeness (QED) is 0.596. The fourth-order valence-corrected chi connectivity index (χ4v) is 3.72. The van der Waals surface area contributed by atoms with Crippen molar-refractivity contribution in [3.63, 3.8) is 0 Å². The van der Waals surface area contributed by atoms with Crippen molar-refractivity contribution in [3.05, 3.63) is 83.8 Å². The van der Waals surface area contributed by atoms with Crippen LogP contribution in [0.2, 0.25) is 0 Å². The Morgan fingerprint density at radius 2 is 1.88 bits per heavy atom. The molecular formula is C25H25N3O4. The van der Waals surface area contributed by atoms with E-state index < -0.39 is 0 Å². The molecule has 0 bridgehead atoms. The highest BCUT2D eigenvalue weighted by Gasteiger charge is 2.35. The monoisotopic (exact) mass is 431 g/mol. The molecule has 2 N–H and O–H groups in total. The molecule has 3 amide bonds. The molecule has 0 radical (unpaired) electrons. The Hall–Kier alpha value is -3.87. The highest BCUT2D eigenvalue weighted by atomic mass is 16.3. The molecule has 2 aromatic carbocycles. The van der Waals surface area contributed by atoms with Gasteiger partial charge in [0.15, 0.2) is 5.76 Å². The second-order valence-electron chi connectivity index (χ2n) is 7.77. The maximum atomic E-state index is 12.7. The van der Waals surface area contributed by atoms with Crippen molar-refractivity contribution >= 4 is 29.1 Å². The minimum atomic E-state index is -0.375. The van der Waals surface area contributed by atoms with Crippen molar-refractivity contribution < 1.29 is 18.8 Å². The van der Waals surface area contributed by atoms with E-state index >= 15 is 0 Å². The van der Waals surface area contributed by atoms with Gasteiger partial charge in [0.05, 0.1) is 12.2 Å². The van der Waals surface area contributed by atoms with E-state index in [-0.39, 0.29) is 35.8 Å². The zero-order valence-electron chi connectivity index (χ0n) is 17.8. The number of carbonyl (C=O) groups excluding carboxylic acids is 3. The van der Waals surface area contributed by atoms with E-state index in [2.05, 4.69) is 17.6 Å². The van der Waals surface area contributed by atoms with Crippen LogP contribution in [0.1, 0.15) is 35.0 Å². The summed E-state index contributed by atoms with van der Waals surface area (Å²) in [4.78, 5) is 38.8. The third kappa shape index (κ3) is 4.88. The van der Waals surface area contributed by atoms with E-state index in [4.69, 9.17) is 4.42 Å². The first kappa shape index (κ1) is 21.4. The SMILES string of the molecule is CCc1cccc(N2C[C@H](C(=O)NCc3ccc(NC(=O)c4ccco4)cc3)CC2=O)c1. The maximum Gasteiger partial charge on any atom is 0.291 e. The van der Waals surface area contributed by atoms with Crippen LogP contribution in [0.15, 0.2) is 71.3 Å². The molecule has 2 heterocycles. The predicted octanol–water partition coefficient (Wildman–Crippen LogP) is 3.76. The Morgan fingerprint density at radius 1 is 1.06 bits per heavy atom. The van der Waals surface area contributed by atoms with Crippen LogP contribution in [0.25, 0.3) is 0 Å². The Balaban J connectivity index is 1.30. The standard InChI is InChI=1S/C25H25N3O4/c1-2-17-5-3-6-21(13-17)28-16-19(14-23(28)29)24(30)26-15-18-8-10-20(11-9-18)27-25(31)22-7-4-12-32-22/h3-13,19H,2,14-16H2,1H3,(H,26,30)(H,27,31)/t19-/m1/s1. The van der Waals surface area contributed by atoms with Gasteiger partial charge in [0.2, 0.25) is 11.8 Å². The van der Waals surface area contributed by atoms with Gasteiger partial charge in [-0.05, 0) is 53.9 Å². The summed E-state index contributed by atoms with van der Waals surface area (Å²) in [6.45, 7) is 2.80. The van der Waals surface area contributed by atoms with Crippen LogP contribution in [0.4, 0.5) is 11.4 Å². The minimum absolute atomic E-state index is 0.0324. The van der Waals surface area contributed by atoms with Gasteiger partial charge in [0, 0.05) is 30.9 Å². The van der Waals surface area contributed by atoms with Gasteiger partial charge in [0.25, 0.3) is 5.91 Å². The molecule has 7 nitrogen and oxygen atoms in total. The van der Waals surface area contributed by atoms with Gasteiger partial charge < -0.3 is 20.0 Å². The molecular weight excluding hydrogens is 406 g/mol. The van der Waals surface area contributed by atoms with Crippen LogP contribution in [0.5, 0.6) is 0 Å². The molecule has 0 aliphatic carbocycles. The molecule has 1 aliphatic rings. The van der Waals surface area contributed by atoms with Gasteiger partial charge in [-0.25, -0.2) is 0 Å². The number of aryl methyl sites for hydroxylation is 1. The van der Waals surface area contributed by atoms with Crippen molar-refractivity contribution in [1.82, 2.24) is 5.32 Å². The average molecular weight is 431 g/mol.